The van der Waals surface area contributed by atoms with Gasteiger partial charge in [-0.3, -0.25) is 0 Å². The molecule has 25 heavy (non-hydrogen) atoms. The molecule has 0 saturated carbocycles. The fourth-order valence-electron chi connectivity index (χ4n) is 3.16. The summed E-state index contributed by atoms with van der Waals surface area (Å²) in [6.45, 7) is 8.17. The van der Waals surface area contributed by atoms with Crippen molar-refractivity contribution in [2.45, 2.75) is 32.3 Å². The van der Waals surface area contributed by atoms with Crippen molar-refractivity contribution in [3.05, 3.63) is 64.9 Å². The maximum Gasteiger partial charge on any atom is 0.339 e. The highest BCUT2D eigenvalue weighted by atomic mass is 16.6. The second-order valence-corrected chi connectivity index (χ2v) is 6.57. The number of cyclic esters (lactones) is 1. The van der Waals surface area contributed by atoms with E-state index in [2.05, 4.69) is 12.3 Å². The molecule has 1 N–H and O–H groups in total. The third-order valence-corrected chi connectivity index (χ3v) is 4.53. The maximum absolute atomic E-state index is 12.7. The Bertz CT molecular complexity index is 824. The lowest BCUT2D eigenvalue weighted by Gasteiger charge is -2.34. The number of ether oxygens (including phenoxy) is 2. The fourth-order valence-corrected chi connectivity index (χ4v) is 3.16. The minimum atomic E-state index is -0.923. The number of hydrogen-bond donors (Lipinski definition) is 1. The molecule has 0 aromatic heterocycles. The van der Waals surface area contributed by atoms with E-state index in [0.717, 1.165) is 28.9 Å². The lowest BCUT2D eigenvalue weighted by Crippen LogP contribution is -2.40. The Labute approximate surface area is 147 Å². The number of fused-ring (bicyclic) bond motifs is 1. The van der Waals surface area contributed by atoms with Gasteiger partial charge in [0.05, 0.1) is 18.8 Å². The lowest BCUT2D eigenvalue weighted by molar-refractivity contribution is -0.158. The standard InChI is InChI=1S/C21H22O4/c1-4-5-6-17-12-21(3,13-22)25-20(23)19(17)14(2)15-7-8-18-16(11-15)9-10-24-18/h4,6-8,11,22H,2,9-10,12-13H2,1,3H3. The molecule has 2 aliphatic heterocycles. The third kappa shape index (κ3) is 3.32. The third-order valence-electron chi connectivity index (χ3n) is 4.53. The van der Waals surface area contributed by atoms with Crippen LogP contribution in [-0.4, -0.2) is 29.9 Å². The zero-order chi connectivity index (χ0) is 18.0. The van der Waals surface area contributed by atoms with Crippen molar-refractivity contribution in [1.82, 2.24) is 0 Å². The van der Waals surface area contributed by atoms with Crippen LogP contribution < -0.4 is 4.74 Å². The zero-order valence-electron chi connectivity index (χ0n) is 14.6. The maximum atomic E-state index is 12.7. The van der Waals surface area contributed by atoms with Crippen LogP contribution in [0.3, 0.4) is 0 Å². The van der Waals surface area contributed by atoms with Crippen LogP contribution in [0.15, 0.2) is 53.8 Å². The van der Waals surface area contributed by atoms with Gasteiger partial charge in [-0.2, -0.15) is 0 Å². The molecule has 2 aliphatic rings. The van der Waals surface area contributed by atoms with E-state index in [0.29, 0.717) is 24.2 Å². The zero-order valence-corrected chi connectivity index (χ0v) is 14.6. The van der Waals surface area contributed by atoms with E-state index in [9.17, 15) is 9.90 Å². The van der Waals surface area contributed by atoms with Gasteiger partial charge in [-0.15, -0.1) is 5.73 Å². The van der Waals surface area contributed by atoms with Crippen LogP contribution in [0.1, 0.15) is 31.4 Å². The normalized spacial score (nSPS) is 21.8. The fraction of sp³-hybridized carbons (Fsp3) is 0.333. The smallest absolute Gasteiger partial charge is 0.339 e. The van der Waals surface area contributed by atoms with E-state index in [1.807, 2.05) is 25.1 Å². The van der Waals surface area contributed by atoms with Crippen molar-refractivity contribution in [3.63, 3.8) is 0 Å². The topological polar surface area (TPSA) is 55.8 Å². The van der Waals surface area contributed by atoms with E-state index >= 15 is 0 Å². The molecule has 0 spiro atoms. The van der Waals surface area contributed by atoms with Crippen LogP contribution in [0.2, 0.25) is 0 Å². The first kappa shape index (κ1) is 17.3. The molecule has 1 unspecified atom stereocenters. The second-order valence-electron chi connectivity index (χ2n) is 6.57. The lowest BCUT2D eigenvalue weighted by atomic mass is 9.85. The quantitative estimate of drug-likeness (QED) is 0.676. The van der Waals surface area contributed by atoms with E-state index in [1.165, 1.54) is 0 Å². The van der Waals surface area contributed by atoms with Gasteiger partial charge in [-0.1, -0.05) is 12.6 Å². The number of esters is 1. The van der Waals surface area contributed by atoms with Gasteiger partial charge in [0.25, 0.3) is 0 Å². The number of allylic oxidation sites excluding steroid dienone is 1. The molecule has 4 nitrogen and oxygen atoms in total. The summed E-state index contributed by atoms with van der Waals surface area (Å²) in [5, 5.41) is 9.58. The minimum Gasteiger partial charge on any atom is -0.493 e. The summed E-state index contributed by atoms with van der Waals surface area (Å²) in [5.74, 6) is 0.423. The molecule has 1 atom stereocenters. The Morgan fingerprint density at radius 1 is 1.48 bits per heavy atom. The average Bonchev–Trinajstić information content (AvgIpc) is 3.06. The Morgan fingerprint density at radius 2 is 2.28 bits per heavy atom. The summed E-state index contributed by atoms with van der Waals surface area (Å²) in [4.78, 5) is 12.7. The molecule has 0 saturated heterocycles. The molecule has 0 fully saturated rings. The minimum absolute atomic E-state index is 0.234. The monoisotopic (exact) mass is 338 g/mol. The van der Waals surface area contributed by atoms with Crippen LogP contribution >= 0.6 is 0 Å². The molecular formula is C21H22O4. The highest BCUT2D eigenvalue weighted by Crippen LogP contribution is 2.38. The van der Waals surface area contributed by atoms with Crippen molar-refractivity contribution < 1.29 is 19.4 Å². The number of aliphatic hydroxyl groups is 1. The summed E-state index contributed by atoms with van der Waals surface area (Å²) >= 11 is 0. The highest BCUT2D eigenvalue weighted by Gasteiger charge is 2.37. The summed E-state index contributed by atoms with van der Waals surface area (Å²) < 4.78 is 11.0. The first-order chi connectivity index (χ1) is 12.0. The summed E-state index contributed by atoms with van der Waals surface area (Å²) in [6, 6.07) is 5.84. The average molecular weight is 338 g/mol. The molecule has 0 aliphatic carbocycles. The summed E-state index contributed by atoms with van der Waals surface area (Å²) in [5.41, 5.74) is 5.92. The molecule has 1 aromatic rings. The largest absolute Gasteiger partial charge is 0.493 e. The van der Waals surface area contributed by atoms with Crippen molar-refractivity contribution in [2.75, 3.05) is 13.2 Å². The Hall–Kier alpha value is -2.55. The van der Waals surface area contributed by atoms with Gasteiger partial charge in [0.1, 0.15) is 11.4 Å². The van der Waals surface area contributed by atoms with Crippen molar-refractivity contribution >= 4 is 11.5 Å². The summed E-state index contributed by atoms with van der Waals surface area (Å²) in [6.07, 6.45) is 4.81. The molecule has 130 valence electrons. The number of aliphatic hydroxyl groups excluding tert-OH is 1. The van der Waals surface area contributed by atoms with Crippen LogP contribution in [0.25, 0.3) is 5.57 Å². The second kappa shape index (κ2) is 6.75. The Morgan fingerprint density at radius 3 is 3.00 bits per heavy atom. The van der Waals surface area contributed by atoms with E-state index in [-0.39, 0.29) is 6.61 Å². The number of rotatable bonds is 4. The van der Waals surface area contributed by atoms with Gasteiger partial charge < -0.3 is 14.6 Å². The Balaban J connectivity index is 2.05. The SMILES string of the molecule is C=C(C1=C(C=C=CC)CC(C)(CO)OC1=O)c1ccc2c(c1)CCO2. The molecular weight excluding hydrogens is 316 g/mol. The van der Waals surface area contributed by atoms with Crippen LogP contribution in [0.5, 0.6) is 5.75 Å². The van der Waals surface area contributed by atoms with Crippen LogP contribution in [-0.2, 0) is 16.0 Å². The molecule has 4 heteroatoms. The first-order valence-electron chi connectivity index (χ1n) is 8.37. The van der Waals surface area contributed by atoms with E-state index < -0.39 is 11.6 Å². The van der Waals surface area contributed by atoms with Gasteiger partial charge in [0.2, 0.25) is 0 Å². The Kier molecular flexibility index (Phi) is 4.67. The van der Waals surface area contributed by atoms with Crippen LogP contribution in [0, 0.1) is 0 Å². The van der Waals surface area contributed by atoms with Crippen molar-refractivity contribution in [2.24, 2.45) is 0 Å². The summed E-state index contributed by atoms with van der Waals surface area (Å²) in [7, 11) is 0. The number of hydrogen-bond acceptors (Lipinski definition) is 4. The number of carbonyl (C=O) groups excluding carboxylic acids is 1. The van der Waals surface area contributed by atoms with Gasteiger partial charge in [-0.25, -0.2) is 4.79 Å². The molecule has 0 radical (unpaired) electrons. The molecule has 0 bridgehead atoms. The van der Waals surface area contributed by atoms with Gasteiger partial charge >= 0.3 is 5.97 Å². The molecule has 3 rings (SSSR count). The predicted molar refractivity (Wildman–Crippen MR) is 96.2 cm³/mol. The molecule has 2 heterocycles. The molecule has 0 amide bonds. The molecule has 1 aromatic carbocycles. The highest BCUT2D eigenvalue weighted by molar-refractivity contribution is 6.07. The van der Waals surface area contributed by atoms with Gasteiger partial charge in [0.15, 0.2) is 0 Å². The number of benzene rings is 1. The van der Waals surface area contributed by atoms with E-state index in [4.69, 9.17) is 9.47 Å². The van der Waals surface area contributed by atoms with Crippen LogP contribution in [0.4, 0.5) is 0 Å². The number of carbonyl (C=O) groups is 1. The van der Waals surface area contributed by atoms with Crippen molar-refractivity contribution in [3.8, 4) is 5.75 Å². The van der Waals surface area contributed by atoms with Gasteiger partial charge in [-0.05, 0) is 60.4 Å². The van der Waals surface area contributed by atoms with E-state index in [1.54, 1.807) is 19.1 Å². The van der Waals surface area contributed by atoms with Crippen molar-refractivity contribution in [1.29, 1.82) is 0 Å². The first-order valence-corrected chi connectivity index (χ1v) is 8.37. The van der Waals surface area contributed by atoms with Gasteiger partial charge in [0, 0.05) is 12.8 Å². The predicted octanol–water partition coefficient (Wildman–Crippen LogP) is 3.36.